The fourth-order valence-corrected chi connectivity index (χ4v) is 6.73. The van der Waals surface area contributed by atoms with Crippen molar-refractivity contribution in [2.24, 2.45) is 0 Å². The van der Waals surface area contributed by atoms with Crippen molar-refractivity contribution in [1.82, 2.24) is 25.5 Å². The number of piperazine rings is 1. The molecular formula is C44H51N7O8. The minimum Gasteiger partial charge on any atom is -0.493 e. The lowest BCUT2D eigenvalue weighted by Crippen LogP contribution is -2.51. The highest BCUT2D eigenvalue weighted by Gasteiger charge is 2.34. The monoisotopic (exact) mass is 805 g/mol. The van der Waals surface area contributed by atoms with Gasteiger partial charge >= 0.3 is 12.2 Å². The molecule has 0 bridgehead atoms. The number of hydrogen-bond acceptors (Lipinski definition) is 12. The van der Waals surface area contributed by atoms with E-state index in [1.54, 1.807) is 52.0 Å². The average molecular weight is 806 g/mol. The number of benzene rings is 4. The number of methoxy groups -OCH3 is 2. The minimum atomic E-state index is -0.715. The van der Waals surface area contributed by atoms with E-state index in [0.717, 1.165) is 16.7 Å². The molecule has 5 aromatic rings. The smallest absolute Gasteiger partial charge is 0.408 e. The normalized spacial score (nSPS) is 14.6. The Morgan fingerprint density at radius 2 is 1.58 bits per heavy atom. The van der Waals surface area contributed by atoms with Gasteiger partial charge in [0.15, 0.2) is 11.5 Å². The van der Waals surface area contributed by atoms with Crippen molar-refractivity contribution in [3.63, 3.8) is 0 Å². The van der Waals surface area contributed by atoms with Crippen molar-refractivity contribution >= 4 is 40.8 Å². The summed E-state index contributed by atoms with van der Waals surface area (Å²) in [5, 5.41) is 6.23. The number of nitrogens with zero attached hydrogens (tertiary/aromatic N) is 4. The van der Waals surface area contributed by atoms with Crippen molar-refractivity contribution < 1.29 is 38.1 Å². The predicted octanol–water partition coefficient (Wildman–Crippen LogP) is 6.58. The molecular weight excluding hydrogens is 755 g/mol. The first kappa shape index (κ1) is 41.9. The molecule has 1 saturated heterocycles. The Labute approximate surface area is 343 Å². The van der Waals surface area contributed by atoms with Crippen LogP contribution in [0.4, 0.5) is 21.4 Å². The Hall–Kier alpha value is -6.77. The molecule has 4 N–H and O–H groups in total. The molecule has 15 nitrogen and oxygen atoms in total. The zero-order valence-electron chi connectivity index (χ0n) is 34.0. The number of nitrogens with two attached hydrogens (primary N) is 1. The van der Waals surface area contributed by atoms with E-state index in [-0.39, 0.29) is 44.4 Å². The number of aromatic nitrogens is 2. The molecule has 6 rings (SSSR count). The molecule has 1 aliphatic rings. The number of carbonyl (C=O) groups excluding carboxylic acids is 3. The van der Waals surface area contributed by atoms with Crippen LogP contribution in [0.5, 0.6) is 17.2 Å². The third kappa shape index (κ3) is 11.2. The third-order valence-corrected chi connectivity index (χ3v) is 9.58. The summed E-state index contributed by atoms with van der Waals surface area (Å²) in [4.78, 5) is 52.9. The summed E-state index contributed by atoms with van der Waals surface area (Å²) < 4.78 is 27.9. The Kier molecular flexibility index (Phi) is 13.6. The second-order valence-electron chi connectivity index (χ2n) is 14.9. The highest BCUT2D eigenvalue weighted by atomic mass is 16.6. The van der Waals surface area contributed by atoms with Gasteiger partial charge < -0.3 is 49.9 Å². The van der Waals surface area contributed by atoms with Crippen LogP contribution in [0.25, 0.3) is 10.9 Å². The number of nitrogens with one attached hydrogen (secondary N) is 2. The topological polar surface area (TPSA) is 180 Å². The van der Waals surface area contributed by atoms with Crippen LogP contribution >= 0.6 is 0 Å². The summed E-state index contributed by atoms with van der Waals surface area (Å²) in [5.74, 6) is 2.03. The Balaban J connectivity index is 1.23. The zero-order chi connectivity index (χ0) is 41.9. The SMILES string of the molecule is COc1cc2nc(N3CCN(C(=O)CC(NC(=O)OC(C)(C)C)c4ccccc4)CC3c3cccc(OCCNC(=O)OCc4ccccc4)c3)nc(N)c2cc1OC. The number of anilines is 2. The lowest BCUT2D eigenvalue weighted by molar-refractivity contribution is -0.132. The highest BCUT2D eigenvalue weighted by Crippen LogP contribution is 2.37. The first-order valence-corrected chi connectivity index (χ1v) is 19.4. The molecule has 0 spiro atoms. The van der Waals surface area contributed by atoms with Crippen LogP contribution in [0.3, 0.4) is 0 Å². The zero-order valence-corrected chi connectivity index (χ0v) is 34.0. The lowest BCUT2D eigenvalue weighted by atomic mass is 10.00. The number of ether oxygens (including phenoxy) is 5. The van der Waals surface area contributed by atoms with Crippen LogP contribution in [-0.4, -0.2) is 85.6 Å². The first-order valence-electron chi connectivity index (χ1n) is 19.4. The van der Waals surface area contributed by atoms with Crippen LogP contribution in [0.1, 0.15) is 56.0 Å². The maximum absolute atomic E-state index is 14.2. The summed E-state index contributed by atoms with van der Waals surface area (Å²) in [7, 11) is 3.10. The van der Waals surface area contributed by atoms with E-state index in [1.165, 1.54) is 0 Å². The van der Waals surface area contributed by atoms with Gasteiger partial charge in [-0.05, 0) is 55.7 Å². The van der Waals surface area contributed by atoms with E-state index in [0.29, 0.717) is 47.2 Å². The molecule has 2 unspecified atom stereocenters. The summed E-state index contributed by atoms with van der Waals surface area (Å²) in [6, 6.07) is 28.7. The van der Waals surface area contributed by atoms with Gasteiger partial charge in [-0.15, -0.1) is 0 Å². The molecule has 0 radical (unpaired) electrons. The van der Waals surface area contributed by atoms with E-state index in [4.69, 9.17) is 39.4 Å². The predicted molar refractivity (Wildman–Crippen MR) is 223 cm³/mol. The van der Waals surface area contributed by atoms with Crippen molar-refractivity contribution in [3.05, 3.63) is 114 Å². The molecule has 1 fully saturated rings. The number of fused-ring (bicyclic) bond motifs is 1. The van der Waals surface area contributed by atoms with E-state index in [2.05, 4.69) is 10.6 Å². The molecule has 1 aliphatic heterocycles. The van der Waals surface area contributed by atoms with Gasteiger partial charge in [0.1, 0.15) is 30.4 Å². The quantitative estimate of drug-likeness (QED) is 0.103. The molecule has 3 amide bonds. The summed E-state index contributed by atoms with van der Waals surface area (Å²) in [6.07, 6.45) is -1.16. The molecule has 4 aromatic carbocycles. The van der Waals surface area contributed by atoms with Crippen molar-refractivity contribution in [2.45, 2.75) is 51.5 Å². The number of nitrogen functional groups attached to an aromatic ring is 1. The fourth-order valence-electron chi connectivity index (χ4n) is 6.73. The van der Waals surface area contributed by atoms with Gasteiger partial charge in [0.2, 0.25) is 11.9 Å². The van der Waals surface area contributed by atoms with Gasteiger partial charge in [0, 0.05) is 31.1 Å². The average Bonchev–Trinajstić information content (AvgIpc) is 3.23. The molecule has 0 aliphatic carbocycles. The Morgan fingerprint density at radius 3 is 2.29 bits per heavy atom. The van der Waals surface area contributed by atoms with Crippen LogP contribution < -0.4 is 35.5 Å². The van der Waals surface area contributed by atoms with Gasteiger partial charge in [-0.3, -0.25) is 4.79 Å². The standard InChI is InChI=1S/C44H51N7O8/c1-44(2,3)59-43(54)48-34(30-15-10-7-11-16-30)26-39(52)50-20-21-51(41-47-35-25-38(56-5)37(55-4)24-33(35)40(45)49-41)36(27-50)31-17-12-18-32(23-31)57-22-19-46-42(53)58-28-29-13-8-6-9-14-29/h6-18,23-25,34,36H,19-22,26-28H2,1-5H3,(H,46,53)(H,48,54)(H2,45,47,49). The number of carbonyl (C=O) groups is 3. The Morgan fingerprint density at radius 1 is 0.864 bits per heavy atom. The first-order chi connectivity index (χ1) is 28.4. The van der Waals surface area contributed by atoms with E-state index >= 15 is 0 Å². The molecule has 15 heteroatoms. The molecule has 0 saturated carbocycles. The number of alkyl carbamates (subject to hydrolysis) is 2. The van der Waals surface area contributed by atoms with Crippen molar-refractivity contribution in [3.8, 4) is 17.2 Å². The van der Waals surface area contributed by atoms with Gasteiger partial charge in [0.25, 0.3) is 0 Å². The Bertz CT molecular complexity index is 2220. The molecule has 2 atom stereocenters. The molecule has 2 heterocycles. The molecule has 1 aromatic heterocycles. The second-order valence-corrected chi connectivity index (χ2v) is 14.9. The van der Waals surface area contributed by atoms with Crippen LogP contribution in [0.2, 0.25) is 0 Å². The van der Waals surface area contributed by atoms with Crippen LogP contribution in [0, 0.1) is 0 Å². The van der Waals surface area contributed by atoms with E-state index < -0.39 is 29.9 Å². The number of amides is 3. The number of hydrogen-bond donors (Lipinski definition) is 3. The summed E-state index contributed by atoms with van der Waals surface area (Å²) in [6.45, 7) is 6.90. The third-order valence-electron chi connectivity index (χ3n) is 9.58. The summed E-state index contributed by atoms with van der Waals surface area (Å²) >= 11 is 0. The van der Waals surface area contributed by atoms with E-state index in [9.17, 15) is 14.4 Å². The van der Waals surface area contributed by atoms with Crippen molar-refractivity contribution in [1.29, 1.82) is 0 Å². The number of rotatable bonds is 14. The lowest BCUT2D eigenvalue weighted by Gasteiger charge is -2.42. The largest absolute Gasteiger partial charge is 0.493 e. The fraction of sp³-hybridized carbons (Fsp3) is 0.341. The highest BCUT2D eigenvalue weighted by molar-refractivity contribution is 5.92. The van der Waals surface area contributed by atoms with Gasteiger partial charge in [-0.1, -0.05) is 72.8 Å². The summed E-state index contributed by atoms with van der Waals surface area (Å²) in [5.41, 5.74) is 8.89. The van der Waals surface area contributed by atoms with Gasteiger partial charge in [-0.2, -0.15) is 4.98 Å². The maximum Gasteiger partial charge on any atom is 0.408 e. The molecule has 310 valence electrons. The maximum atomic E-state index is 14.2. The van der Waals surface area contributed by atoms with E-state index in [1.807, 2.05) is 89.8 Å². The second kappa shape index (κ2) is 19.1. The minimum absolute atomic E-state index is 0.000953. The van der Waals surface area contributed by atoms with Gasteiger partial charge in [-0.25, -0.2) is 14.6 Å². The van der Waals surface area contributed by atoms with Crippen molar-refractivity contribution in [2.75, 3.05) is 57.6 Å². The van der Waals surface area contributed by atoms with Gasteiger partial charge in [0.05, 0.1) is 44.8 Å². The van der Waals surface area contributed by atoms with Crippen LogP contribution in [-0.2, 0) is 20.9 Å². The molecule has 59 heavy (non-hydrogen) atoms. The van der Waals surface area contributed by atoms with Crippen LogP contribution in [0.15, 0.2) is 97.1 Å².